The van der Waals surface area contributed by atoms with Gasteiger partial charge in [-0.15, -0.1) is 0 Å². The van der Waals surface area contributed by atoms with E-state index in [2.05, 4.69) is 25.5 Å². The molecule has 3 aromatic rings. The molecule has 1 saturated heterocycles. The van der Waals surface area contributed by atoms with Crippen molar-refractivity contribution in [2.45, 2.75) is 50.0 Å². The number of carbonyl (C=O) groups excluding carboxylic acids is 1. The van der Waals surface area contributed by atoms with Crippen molar-refractivity contribution in [1.29, 1.82) is 0 Å². The number of likely N-dealkylation sites (tertiary alicyclic amines) is 1. The normalized spacial score (nSPS) is 21.2. The van der Waals surface area contributed by atoms with E-state index in [1.807, 2.05) is 16.8 Å². The van der Waals surface area contributed by atoms with Gasteiger partial charge in [0.2, 0.25) is 5.91 Å². The number of rotatable bonds is 6. The smallest absolute Gasteiger partial charge is 0.360 e. The van der Waals surface area contributed by atoms with Crippen LogP contribution in [-0.2, 0) is 11.0 Å². The Kier molecular flexibility index (Phi) is 6.65. The van der Waals surface area contributed by atoms with Crippen LogP contribution < -0.4 is 16.2 Å². The summed E-state index contributed by atoms with van der Waals surface area (Å²) in [6.07, 6.45) is 2.56. The second-order valence-corrected chi connectivity index (χ2v) is 9.43. The first-order valence-electron chi connectivity index (χ1n) is 12.0. The zero-order valence-electron chi connectivity index (χ0n) is 19.5. The van der Waals surface area contributed by atoms with Crippen molar-refractivity contribution in [2.75, 3.05) is 25.0 Å². The fraction of sp³-hybridized carbons (Fsp3) is 0.440. The molecule has 2 aromatic heterocycles. The van der Waals surface area contributed by atoms with E-state index >= 15 is 0 Å². The lowest BCUT2D eigenvalue weighted by Gasteiger charge is -2.46. The molecule has 2 aliphatic rings. The van der Waals surface area contributed by atoms with Gasteiger partial charge in [0.15, 0.2) is 0 Å². The number of pyridine rings is 1. The maximum absolute atomic E-state index is 13.1. The number of benzene rings is 1. The number of nitrogens with zero attached hydrogens (tertiary/aromatic N) is 4. The first-order valence-corrected chi connectivity index (χ1v) is 12.0. The number of amides is 1. The zero-order valence-corrected chi connectivity index (χ0v) is 19.5. The van der Waals surface area contributed by atoms with Gasteiger partial charge in [0.25, 0.3) is 5.56 Å². The van der Waals surface area contributed by atoms with Crippen molar-refractivity contribution in [3.8, 4) is 0 Å². The molecule has 0 radical (unpaired) electrons. The van der Waals surface area contributed by atoms with E-state index in [-0.39, 0.29) is 41.3 Å². The average Bonchev–Trinajstić information content (AvgIpc) is 2.84. The second kappa shape index (κ2) is 9.88. The maximum atomic E-state index is 13.1. The number of alkyl halides is 3. The van der Waals surface area contributed by atoms with Crippen LogP contribution in [0.5, 0.6) is 0 Å². The summed E-state index contributed by atoms with van der Waals surface area (Å²) in [4.78, 5) is 34.9. The van der Waals surface area contributed by atoms with Gasteiger partial charge >= 0.3 is 6.18 Å². The van der Waals surface area contributed by atoms with Gasteiger partial charge in [-0.25, -0.2) is 9.97 Å². The second-order valence-electron chi connectivity index (χ2n) is 9.43. The van der Waals surface area contributed by atoms with Crippen LogP contribution in [-0.4, -0.2) is 57.1 Å². The summed E-state index contributed by atoms with van der Waals surface area (Å²) in [6.45, 7) is 1.42. The fourth-order valence-electron chi connectivity index (χ4n) is 5.16. The molecule has 1 aromatic carbocycles. The van der Waals surface area contributed by atoms with E-state index < -0.39 is 11.7 Å². The number of hydrogen-bond acceptors (Lipinski definition) is 6. The molecule has 0 unspecified atom stereocenters. The average molecular weight is 501 g/mol. The molecule has 2 fully saturated rings. The lowest BCUT2D eigenvalue weighted by molar-refractivity contribution is -0.137. The summed E-state index contributed by atoms with van der Waals surface area (Å²) in [5.74, 6) is -0.0590. The van der Waals surface area contributed by atoms with Gasteiger partial charge in [-0.2, -0.15) is 13.2 Å². The molecule has 0 atom stereocenters. The Morgan fingerprint density at radius 3 is 2.50 bits per heavy atom. The van der Waals surface area contributed by atoms with Crippen LogP contribution in [0.4, 0.5) is 19.0 Å². The topological polar surface area (TPSA) is 92.1 Å². The molecule has 2 N–H and O–H groups in total. The highest BCUT2D eigenvalue weighted by Crippen LogP contribution is 2.33. The first-order chi connectivity index (χ1) is 17.3. The molecule has 36 heavy (non-hydrogen) atoms. The third kappa shape index (κ3) is 5.20. The van der Waals surface area contributed by atoms with E-state index in [9.17, 15) is 22.8 Å². The molecule has 1 aliphatic heterocycles. The van der Waals surface area contributed by atoms with Crippen LogP contribution in [0.1, 0.15) is 37.3 Å². The molecular formula is C25H27F3N6O2. The minimum absolute atomic E-state index is 0.0349. The van der Waals surface area contributed by atoms with E-state index in [0.29, 0.717) is 11.6 Å². The predicted octanol–water partition coefficient (Wildman–Crippen LogP) is 3.21. The minimum atomic E-state index is -4.48. The largest absolute Gasteiger partial charge is 0.416 e. The van der Waals surface area contributed by atoms with Gasteiger partial charge in [-0.3, -0.25) is 14.5 Å². The Morgan fingerprint density at radius 2 is 1.78 bits per heavy atom. The minimum Gasteiger partial charge on any atom is -0.360 e. The summed E-state index contributed by atoms with van der Waals surface area (Å²) in [7, 11) is 0. The Morgan fingerprint density at radius 1 is 1.03 bits per heavy atom. The predicted molar refractivity (Wildman–Crippen MR) is 129 cm³/mol. The fourth-order valence-corrected chi connectivity index (χ4v) is 5.16. The molecule has 1 saturated carbocycles. The molecule has 190 valence electrons. The SMILES string of the molecule is O=C(CNc1ncnc2ccc(C(F)(F)F)cc12)NC1CN([C@H]2CC[C@H](n3ccccc3=O)CC2)C1. The molecule has 1 amide bonds. The van der Waals surface area contributed by atoms with E-state index in [4.69, 9.17) is 0 Å². The summed E-state index contributed by atoms with van der Waals surface area (Å²) in [6, 6.07) is 9.21. The highest BCUT2D eigenvalue weighted by Gasteiger charge is 2.35. The molecule has 11 heteroatoms. The monoisotopic (exact) mass is 500 g/mol. The Balaban J connectivity index is 1.09. The van der Waals surface area contributed by atoms with Gasteiger partial charge in [0.05, 0.1) is 23.7 Å². The summed E-state index contributed by atoms with van der Waals surface area (Å²) >= 11 is 0. The lowest BCUT2D eigenvalue weighted by atomic mass is 9.88. The van der Waals surface area contributed by atoms with Crippen LogP contribution in [0.25, 0.3) is 10.9 Å². The summed E-state index contributed by atoms with van der Waals surface area (Å²) < 4.78 is 41.1. The maximum Gasteiger partial charge on any atom is 0.416 e. The summed E-state index contributed by atoms with van der Waals surface area (Å²) in [5, 5.41) is 6.03. The molecule has 0 bridgehead atoms. The first kappa shape index (κ1) is 24.2. The zero-order chi connectivity index (χ0) is 25.3. The molecule has 1 aliphatic carbocycles. The van der Waals surface area contributed by atoms with Gasteiger partial charge < -0.3 is 15.2 Å². The van der Waals surface area contributed by atoms with Crippen LogP contribution in [0.15, 0.2) is 53.7 Å². The third-order valence-electron chi connectivity index (χ3n) is 7.08. The number of halogens is 3. The molecule has 3 heterocycles. The quantitative estimate of drug-likeness (QED) is 0.540. The number of hydrogen-bond donors (Lipinski definition) is 2. The summed E-state index contributed by atoms with van der Waals surface area (Å²) in [5.41, 5.74) is -0.392. The van der Waals surface area contributed by atoms with E-state index in [1.54, 1.807) is 12.1 Å². The van der Waals surface area contributed by atoms with Gasteiger partial charge in [0.1, 0.15) is 12.1 Å². The van der Waals surface area contributed by atoms with Crippen molar-refractivity contribution < 1.29 is 18.0 Å². The number of anilines is 1. The van der Waals surface area contributed by atoms with Crippen LogP contribution in [0.2, 0.25) is 0 Å². The number of fused-ring (bicyclic) bond motifs is 1. The Hall–Kier alpha value is -3.47. The molecule has 8 nitrogen and oxygen atoms in total. The van der Waals surface area contributed by atoms with Crippen LogP contribution in [0.3, 0.4) is 0 Å². The number of nitrogens with one attached hydrogen (secondary N) is 2. The highest BCUT2D eigenvalue weighted by atomic mass is 19.4. The molecule has 0 spiro atoms. The van der Waals surface area contributed by atoms with E-state index in [1.165, 1.54) is 12.4 Å². The van der Waals surface area contributed by atoms with E-state index in [0.717, 1.165) is 50.9 Å². The highest BCUT2D eigenvalue weighted by molar-refractivity contribution is 5.91. The Labute approximate surface area is 205 Å². The standard InChI is InChI=1S/C25H27F3N6O2/c26-25(27,28)16-4-9-21-20(11-16)24(31-15-30-21)29-12-22(35)32-17-13-33(14-17)18-5-7-19(8-6-18)34-10-2-1-3-23(34)36/h1-4,9-11,15,17-19H,5-8,12-14H2,(H,32,35)(H,29,30,31)/t18-,19-. The third-order valence-corrected chi connectivity index (χ3v) is 7.08. The van der Waals surface area contributed by atoms with Crippen molar-refractivity contribution in [1.82, 2.24) is 24.8 Å². The van der Waals surface area contributed by atoms with Crippen LogP contribution in [0, 0.1) is 0 Å². The Bertz CT molecular complexity index is 1300. The van der Waals surface area contributed by atoms with Gasteiger partial charge in [0, 0.05) is 42.8 Å². The molecular weight excluding hydrogens is 473 g/mol. The van der Waals surface area contributed by atoms with Crippen LogP contribution >= 0.6 is 0 Å². The number of carbonyl (C=O) groups is 1. The van der Waals surface area contributed by atoms with Gasteiger partial charge in [-0.1, -0.05) is 6.07 Å². The van der Waals surface area contributed by atoms with Crippen molar-refractivity contribution in [2.24, 2.45) is 0 Å². The lowest BCUT2D eigenvalue weighted by Crippen LogP contribution is -2.63. The van der Waals surface area contributed by atoms with Crippen molar-refractivity contribution in [3.63, 3.8) is 0 Å². The number of aromatic nitrogens is 3. The van der Waals surface area contributed by atoms with Crippen molar-refractivity contribution in [3.05, 3.63) is 64.8 Å². The molecule has 5 rings (SSSR count). The van der Waals surface area contributed by atoms with Crippen molar-refractivity contribution >= 4 is 22.6 Å². The van der Waals surface area contributed by atoms with Gasteiger partial charge in [-0.05, 0) is 49.9 Å².